The lowest BCUT2D eigenvalue weighted by Crippen LogP contribution is -2.29. The maximum Gasteiger partial charge on any atom is 0.113 e. The van der Waals surface area contributed by atoms with Crippen molar-refractivity contribution in [3.63, 3.8) is 0 Å². The van der Waals surface area contributed by atoms with Crippen LogP contribution in [-0.2, 0) is 6.54 Å². The van der Waals surface area contributed by atoms with Crippen LogP contribution >= 0.6 is 22.9 Å². The van der Waals surface area contributed by atoms with E-state index in [2.05, 4.69) is 15.2 Å². The van der Waals surface area contributed by atoms with Gasteiger partial charge < -0.3 is 10.2 Å². The molecule has 2 heterocycles. The van der Waals surface area contributed by atoms with Crippen LogP contribution in [0.2, 0.25) is 4.34 Å². The molecule has 0 unspecified atom stereocenters. The third kappa shape index (κ3) is 3.72. The van der Waals surface area contributed by atoms with E-state index in [9.17, 15) is 0 Å². The van der Waals surface area contributed by atoms with E-state index < -0.39 is 0 Å². The van der Waals surface area contributed by atoms with Crippen molar-refractivity contribution in [2.75, 3.05) is 26.2 Å². The molecule has 0 atom stereocenters. The van der Waals surface area contributed by atoms with Gasteiger partial charge >= 0.3 is 0 Å². The normalized spacial score (nSPS) is 17.4. The molecule has 0 radical (unpaired) electrons. The third-order valence-electron chi connectivity index (χ3n) is 2.61. The van der Waals surface area contributed by atoms with Crippen molar-refractivity contribution in [1.82, 2.24) is 15.2 Å². The number of nitrogens with zero attached hydrogens (tertiary/aromatic N) is 2. The lowest BCUT2D eigenvalue weighted by atomic mass is 10.4. The molecule has 0 spiro atoms. The molecule has 1 aliphatic rings. The molecule has 0 amide bonds. The molecular weight excluding hydrogens is 230 g/mol. The van der Waals surface area contributed by atoms with Gasteiger partial charge in [-0.15, -0.1) is 11.3 Å². The highest BCUT2D eigenvalue weighted by molar-refractivity contribution is 7.15. The molecule has 1 aliphatic heterocycles. The Bertz CT molecular complexity index is 297. The summed E-state index contributed by atoms with van der Waals surface area (Å²) in [6.07, 6.45) is 4.44. The Morgan fingerprint density at radius 1 is 1.47 bits per heavy atom. The fourth-order valence-electron chi connectivity index (χ4n) is 1.81. The van der Waals surface area contributed by atoms with Crippen molar-refractivity contribution in [3.8, 4) is 0 Å². The van der Waals surface area contributed by atoms with E-state index >= 15 is 0 Å². The molecule has 0 bridgehead atoms. The average Bonchev–Trinajstić information content (AvgIpc) is 2.84. The summed E-state index contributed by atoms with van der Waals surface area (Å²) in [6, 6.07) is 0. The first-order valence-corrected chi connectivity index (χ1v) is 6.57. The van der Waals surface area contributed by atoms with E-state index in [0.29, 0.717) is 0 Å². The summed E-state index contributed by atoms with van der Waals surface area (Å²) in [5, 5.41) is 4.46. The zero-order valence-electron chi connectivity index (χ0n) is 8.71. The largest absolute Gasteiger partial charge is 0.309 e. The van der Waals surface area contributed by atoms with E-state index in [1.807, 2.05) is 0 Å². The monoisotopic (exact) mass is 245 g/mol. The van der Waals surface area contributed by atoms with Gasteiger partial charge in [0.2, 0.25) is 0 Å². The minimum absolute atomic E-state index is 0.770. The van der Waals surface area contributed by atoms with E-state index in [4.69, 9.17) is 11.6 Å². The predicted octanol–water partition coefficient (Wildman–Crippen LogP) is 1.98. The van der Waals surface area contributed by atoms with Crippen molar-refractivity contribution >= 4 is 22.9 Å². The summed E-state index contributed by atoms with van der Waals surface area (Å²) >= 11 is 7.35. The molecule has 15 heavy (non-hydrogen) atoms. The smallest absolute Gasteiger partial charge is 0.113 e. The maximum atomic E-state index is 5.80. The van der Waals surface area contributed by atoms with Crippen LogP contribution in [0.3, 0.4) is 0 Å². The fourth-order valence-corrected chi connectivity index (χ4v) is 2.73. The number of likely N-dealkylation sites (tertiary alicyclic amines) is 1. The first-order chi connectivity index (χ1) is 7.34. The van der Waals surface area contributed by atoms with Crippen LogP contribution in [0.4, 0.5) is 0 Å². The van der Waals surface area contributed by atoms with Crippen molar-refractivity contribution in [1.29, 1.82) is 0 Å². The molecule has 2 rings (SSSR count). The first kappa shape index (κ1) is 11.3. The number of rotatable bonds is 5. The minimum atomic E-state index is 0.770. The fraction of sp³-hybridized carbons (Fsp3) is 0.700. The molecule has 1 fully saturated rings. The Labute approximate surface area is 99.5 Å². The van der Waals surface area contributed by atoms with Crippen LogP contribution in [0.5, 0.6) is 0 Å². The highest BCUT2D eigenvalue weighted by Gasteiger charge is 2.10. The molecule has 1 saturated heterocycles. The highest BCUT2D eigenvalue weighted by atomic mass is 35.5. The standard InChI is InChI=1S/C10H16ClN3S/c11-9-7-13-10(15-9)8-12-3-6-14-4-1-2-5-14/h7,12H,1-6,8H2. The van der Waals surface area contributed by atoms with Gasteiger partial charge in [0.05, 0.1) is 6.20 Å². The quantitative estimate of drug-likeness (QED) is 0.805. The SMILES string of the molecule is Clc1cnc(CNCCN2CCCC2)s1. The van der Waals surface area contributed by atoms with Crippen LogP contribution in [0.25, 0.3) is 0 Å². The number of nitrogens with one attached hydrogen (secondary N) is 1. The zero-order valence-corrected chi connectivity index (χ0v) is 10.3. The molecule has 0 aromatic carbocycles. The van der Waals surface area contributed by atoms with Gasteiger partial charge in [0.15, 0.2) is 0 Å². The van der Waals surface area contributed by atoms with Gasteiger partial charge in [-0.1, -0.05) is 11.6 Å². The Balaban J connectivity index is 1.58. The zero-order chi connectivity index (χ0) is 10.5. The lowest BCUT2D eigenvalue weighted by Gasteiger charge is -2.14. The van der Waals surface area contributed by atoms with Gasteiger partial charge in [-0.05, 0) is 25.9 Å². The predicted molar refractivity (Wildman–Crippen MR) is 64.5 cm³/mol. The number of hydrogen-bond acceptors (Lipinski definition) is 4. The Kier molecular flexibility index (Phi) is 4.38. The average molecular weight is 246 g/mol. The molecule has 5 heteroatoms. The van der Waals surface area contributed by atoms with Crippen molar-refractivity contribution in [2.24, 2.45) is 0 Å². The number of aromatic nitrogens is 1. The summed E-state index contributed by atoms with van der Waals surface area (Å²) in [5.41, 5.74) is 0. The summed E-state index contributed by atoms with van der Waals surface area (Å²) in [7, 11) is 0. The summed E-state index contributed by atoms with van der Waals surface area (Å²) in [4.78, 5) is 6.70. The summed E-state index contributed by atoms with van der Waals surface area (Å²) in [5.74, 6) is 0. The van der Waals surface area contributed by atoms with Crippen molar-refractivity contribution < 1.29 is 0 Å². The molecule has 0 saturated carbocycles. The Hall–Kier alpha value is -0.160. The number of thiazole rings is 1. The molecule has 1 N–H and O–H groups in total. The van der Waals surface area contributed by atoms with Crippen LogP contribution in [0.15, 0.2) is 6.20 Å². The van der Waals surface area contributed by atoms with E-state index in [-0.39, 0.29) is 0 Å². The van der Waals surface area contributed by atoms with Gasteiger partial charge in [-0.2, -0.15) is 0 Å². The maximum absolute atomic E-state index is 5.80. The molecule has 0 aliphatic carbocycles. The van der Waals surface area contributed by atoms with Gasteiger partial charge in [0, 0.05) is 19.6 Å². The molecule has 1 aromatic heterocycles. The van der Waals surface area contributed by atoms with E-state index in [0.717, 1.165) is 29.0 Å². The number of hydrogen-bond donors (Lipinski definition) is 1. The minimum Gasteiger partial charge on any atom is -0.309 e. The van der Waals surface area contributed by atoms with Crippen LogP contribution in [0, 0.1) is 0 Å². The Morgan fingerprint density at radius 2 is 2.27 bits per heavy atom. The number of halogens is 1. The van der Waals surface area contributed by atoms with E-state index in [1.165, 1.54) is 25.9 Å². The first-order valence-electron chi connectivity index (χ1n) is 5.38. The van der Waals surface area contributed by atoms with Crippen LogP contribution in [0.1, 0.15) is 17.8 Å². The Morgan fingerprint density at radius 3 is 2.93 bits per heavy atom. The van der Waals surface area contributed by atoms with Crippen LogP contribution < -0.4 is 5.32 Å². The third-order valence-corrected chi connectivity index (χ3v) is 3.72. The van der Waals surface area contributed by atoms with Gasteiger partial charge in [-0.25, -0.2) is 4.98 Å². The summed E-state index contributed by atoms with van der Waals surface area (Å²) < 4.78 is 0.770. The second-order valence-electron chi connectivity index (χ2n) is 3.78. The van der Waals surface area contributed by atoms with Crippen molar-refractivity contribution in [3.05, 3.63) is 15.5 Å². The highest BCUT2D eigenvalue weighted by Crippen LogP contribution is 2.17. The van der Waals surface area contributed by atoms with Gasteiger partial charge in [0.25, 0.3) is 0 Å². The topological polar surface area (TPSA) is 28.2 Å². The van der Waals surface area contributed by atoms with Gasteiger partial charge in [0.1, 0.15) is 9.34 Å². The molecular formula is C10H16ClN3S. The van der Waals surface area contributed by atoms with Crippen LogP contribution in [-0.4, -0.2) is 36.1 Å². The van der Waals surface area contributed by atoms with Gasteiger partial charge in [-0.3, -0.25) is 0 Å². The molecule has 84 valence electrons. The second kappa shape index (κ2) is 5.80. The second-order valence-corrected chi connectivity index (χ2v) is 5.53. The lowest BCUT2D eigenvalue weighted by molar-refractivity contribution is 0.335. The molecule has 3 nitrogen and oxygen atoms in total. The molecule has 1 aromatic rings. The van der Waals surface area contributed by atoms with E-state index in [1.54, 1.807) is 17.5 Å². The summed E-state index contributed by atoms with van der Waals surface area (Å²) in [6.45, 7) is 5.57. The van der Waals surface area contributed by atoms with Crippen molar-refractivity contribution in [2.45, 2.75) is 19.4 Å².